The van der Waals surface area contributed by atoms with Crippen molar-refractivity contribution in [2.24, 2.45) is 7.05 Å². The third kappa shape index (κ3) is 1.83. The summed E-state index contributed by atoms with van der Waals surface area (Å²) < 4.78 is 1.99. The fourth-order valence-electron chi connectivity index (χ4n) is 1.56. The smallest absolute Gasteiger partial charge is 0.217 e. The second-order valence-electron chi connectivity index (χ2n) is 3.49. The van der Waals surface area contributed by atoms with Crippen LogP contribution in [-0.2, 0) is 18.4 Å². The van der Waals surface area contributed by atoms with E-state index < -0.39 is 0 Å². The highest BCUT2D eigenvalue weighted by Crippen LogP contribution is 2.13. The Bertz CT molecular complexity index is 507. The van der Waals surface area contributed by atoms with Gasteiger partial charge in [-0.2, -0.15) is 0 Å². The highest BCUT2D eigenvalue weighted by Gasteiger charge is 2.06. The van der Waals surface area contributed by atoms with Crippen molar-refractivity contribution in [3.8, 4) is 0 Å². The van der Waals surface area contributed by atoms with Crippen molar-refractivity contribution in [3.63, 3.8) is 0 Å². The molecule has 0 spiro atoms. The monoisotopic (exact) mass is 205 g/mol. The molecule has 80 valence electrons. The van der Waals surface area contributed by atoms with Gasteiger partial charge in [-0.05, 0) is 12.1 Å². The summed E-state index contributed by atoms with van der Waals surface area (Å²) in [5.41, 5.74) is 2.04. The van der Waals surface area contributed by atoms with Crippen molar-refractivity contribution in [2.75, 3.05) is 0 Å². The predicted molar refractivity (Wildman–Crippen MR) is 60.3 cm³/mol. The first-order valence-electron chi connectivity index (χ1n) is 4.83. The third-order valence-electron chi connectivity index (χ3n) is 2.38. The number of carbonyl (C=O) groups is 1. The van der Waals surface area contributed by atoms with Crippen LogP contribution in [0.3, 0.4) is 0 Å². The Balaban J connectivity index is 0.00000128. The number of rotatable bonds is 2. The zero-order chi connectivity index (χ0) is 10.8. The summed E-state index contributed by atoms with van der Waals surface area (Å²) in [5.74, 6) is 0.827. The van der Waals surface area contributed by atoms with Gasteiger partial charge in [0.25, 0.3) is 0 Å². The molecule has 2 aromatic rings. The van der Waals surface area contributed by atoms with E-state index in [1.165, 1.54) is 6.92 Å². The number of carbonyl (C=O) groups excluding carboxylic acids is 1. The van der Waals surface area contributed by atoms with Crippen LogP contribution in [0.2, 0.25) is 0 Å². The Kier molecular flexibility index (Phi) is 2.41. The van der Waals surface area contributed by atoms with Gasteiger partial charge in [0.2, 0.25) is 5.91 Å². The number of hydrogen-bond acceptors (Lipinski definition) is 2. The maximum Gasteiger partial charge on any atom is 0.217 e. The Morgan fingerprint density at radius 2 is 2.27 bits per heavy atom. The lowest BCUT2D eigenvalue weighted by atomic mass is 10.3. The van der Waals surface area contributed by atoms with E-state index in [-0.39, 0.29) is 7.33 Å². The quantitative estimate of drug-likeness (QED) is 0.806. The molecule has 4 nitrogen and oxygen atoms in total. The van der Waals surface area contributed by atoms with Gasteiger partial charge in [-0.1, -0.05) is 12.1 Å². The normalized spacial score (nSPS) is 10.5. The molecule has 1 aromatic heterocycles. The Labute approximate surface area is 89.4 Å². The molecular weight excluding hydrogens is 190 g/mol. The minimum Gasteiger partial charge on any atom is -0.349 e. The first kappa shape index (κ1) is 9.71. The predicted octanol–water partition coefficient (Wildman–Crippen LogP) is 1.46. The minimum absolute atomic E-state index is 0. The molecule has 0 aliphatic heterocycles. The number of amides is 1. The molecule has 4 heteroatoms. The van der Waals surface area contributed by atoms with Gasteiger partial charge in [-0.3, -0.25) is 4.79 Å². The van der Waals surface area contributed by atoms with Gasteiger partial charge in [-0.15, -0.1) is 0 Å². The summed E-state index contributed by atoms with van der Waals surface area (Å²) in [5, 5.41) is 2.74. The lowest BCUT2D eigenvalue weighted by Crippen LogP contribution is -2.21. The molecular formula is C11H15N3O. The number of fused-ring (bicyclic) bond motifs is 1. The molecule has 1 heterocycles. The van der Waals surface area contributed by atoms with Crippen LogP contribution >= 0.6 is 0 Å². The summed E-state index contributed by atoms with van der Waals surface area (Å²) >= 11 is 0. The van der Waals surface area contributed by atoms with Crippen LogP contribution in [-0.4, -0.2) is 15.5 Å². The highest BCUT2D eigenvalue weighted by molar-refractivity contribution is 5.76. The first-order valence-corrected chi connectivity index (χ1v) is 4.83. The summed E-state index contributed by atoms with van der Waals surface area (Å²) in [7, 11) is 1.95. The summed E-state index contributed by atoms with van der Waals surface area (Å²) in [6, 6.07) is 7.91. The number of nitrogens with zero attached hydrogens (tertiary/aromatic N) is 2. The highest BCUT2D eigenvalue weighted by atomic mass is 16.1. The largest absolute Gasteiger partial charge is 0.349 e. The van der Waals surface area contributed by atoms with E-state index in [1.54, 1.807) is 0 Å². The van der Waals surface area contributed by atoms with Gasteiger partial charge < -0.3 is 9.88 Å². The topological polar surface area (TPSA) is 46.9 Å². The number of para-hydroxylation sites is 2. The lowest BCUT2D eigenvalue weighted by Gasteiger charge is -2.02. The maximum absolute atomic E-state index is 10.8. The number of imidazole rings is 1. The van der Waals surface area contributed by atoms with Crippen LogP contribution < -0.4 is 5.32 Å². The summed E-state index contributed by atoms with van der Waals surface area (Å²) in [6.45, 7) is 1.98. The second-order valence-corrected chi connectivity index (χ2v) is 3.49. The molecule has 0 aliphatic rings. The standard InChI is InChI=1S/C11H13N3O.H2/c1-8(15)12-7-11-13-9-5-3-4-6-10(9)14(11)2;/h3-6H,7H2,1-2H3,(H,12,15);1H. The van der Waals surface area contributed by atoms with E-state index >= 15 is 0 Å². The molecule has 0 saturated carbocycles. The van der Waals surface area contributed by atoms with Gasteiger partial charge in [0.1, 0.15) is 5.82 Å². The average molecular weight is 205 g/mol. The molecule has 0 unspecified atom stereocenters. The average Bonchev–Trinajstić information content (AvgIpc) is 2.54. The van der Waals surface area contributed by atoms with E-state index in [4.69, 9.17) is 0 Å². The Morgan fingerprint density at radius 1 is 1.53 bits per heavy atom. The molecule has 1 aromatic carbocycles. The number of benzene rings is 1. The fourth-order valence-corrected chi connectivity index (χ4v) is 1.56. The molecule has 0 atom stereocenters. The van der Waals surface area contributed by atoms with E-state index in [0.29, 0.717) is 6.54 Å². The molecule has 0 bridgehead atoms. The molecule has 0 saturated heterocycles. The van der Waals surface area contributed by atoms with Crippen LogP contribution in [0.5, 0.6) is 0 Å². The van der Waals surface area contributed by atoms with E-state index in [9.17, 15) is 4.79 Å². The molecule has 1 amide bonds. The van der Waals surface area contributed by atoms with Gasteiger partial charge in [-0.25, -0.2) is 4.98 Å². The third-order valence-corrected chi connectivity index (χ3v) is 2.38. The maximum atomic E-state index is 10.8. The van der Waals surface area contributed by atoms with Crippen LogP contribution in [0, 0.1) is 0 Å². The van der Waals surface area contributed by atoms with Gasteiger partial charge in [0.05, 0.1) is 17.6 Å². The van der Waals surface area contributed by atoms with Crippen molar-refractivity contribution in [1.82, 2.24) is 14.9 Å². The zero-order valence-corrected chi connectivity index (χ0v) is 8.82. The number of nitrogens with one attached hydrogen (secondary N) is 1. The molecule has 15 heavy (non-hydrogen) atoms. The van der Waals surface area contributed by atoms with Gasteiger partial charge >= 0.3 is 0 Å². The molecule has 0 aliphatic carbocycles. The summed E-state index contributed by atoms with van der Waals surface area (Å²) in [6.07, 6.45) is 0. The van der Waals surface area contributed by atoms with Crippen LogP contribution in [0.25, 0.3) is 11.0 Å². The fraction of sp³-hybridized carbons (Fsp3) is 0.273. The SMILES string of the molecule is CC(=O)NCc1nc2ccccc2n1C.[HH]. The Hall–Kier alpha value is -1.84. The van der Waals surface area contributed by atoms with Crippen molar-refractivity contribution in [3.05, 3.63) is 30.1 Å². The minimum atomic E-state index is -0.0398. The zero-order valence-electron chi connectivity index (χ0n) is 8.82. The van der Waals surface area contributed by atoms with Gasteiger partial charge in [0.15, 0.2) is 0 Å². The van der Waals surface area contributed by atoms with E-state index in [0.717, 1.165) is 16.9 Å². The van der Waals surface area contributed by atoms with Crippen molar-refractivity contribution < 1.29 is 6.22 Å². The number of aromatic nitrogens is 2. The second kappa shape index (κ2) is 3.73. The van der Waals surface area contributed by atoms with Gasteiger partial charge in [0, 0.05) is 15.4 Å². The van der Waals surface area contributed by atoms with Crippen molar-refractivity contribution >= 4 is 16.9 Å². The van der Waals surface area contributed by atoms with Crippen LogP contribution in [0.4, 0.5) is 0 Å². The van der Waals surface area contributed by atoms with E-state index in [2.05, 4.69) is 10.3 Å². The van der Waals surface area contributed by atoms with Crippen LogP contribution in [0.1, 0.15) is 14.2 Å². The molecule has 1 N–H and O–H groups in total. The summed E-state index contributed by atoms with van der Waals surface area (Å²) in [4.78, 5) is 15.2. The lowest BCUT2D eigenvalue weighted by molar-refractivity contribution is -0.119. The van der Waals surface area contributed by atoms with E-state index in [1.807, 2.05) is 35.9 Å². The number of hydrogen-bond donors (Lipinski definition) is 1. The Morgan fingerprint density at radius 3 is 2.93 bits per heavy atom. The first-order chi connectivity index (χ1) is 7.18. The molecule has 2 rings (SSSR count). The molecule has 0 fully saturated rings. The molecule has 0 radical (unpaired) electrons. The number of aryl methyl sites for hydroxylation is 1. The van der Waals surface area contributed by atoms with Crippen LogP contribution in [0.15, 0.2) is 24.3 Å². The van der Waals surface area contributed by atoms with Crippen molar-refractivity contribution in [1.29, 1.82) is 0 Å². The van der Waals surface area contributed by atoms with Crippen molar-refractivity contribution in [2.45, 2.75) is 13.5 Å².